The predicted octanol–water partition coefficient (Wildman–Crippen LogP) is 3.00. The molecule has 0 heterocycles. The first-order valence-electron chi connectivity index (χ1n) is 5.77. The molecule has 14 heavy (non-hydrogen) atoms. The topological polar surface area (TPSA) is 38.0 Å². The second-order valence-corrected chi connectivity index (χ2v) is 4.42. The summed E-state index contributed by atoms with van der Waals surface area (Å²) in [4.78, 5) is 0. The summed E-state index contributed by atoms with van der Waals surface area (Å²) in [6.45, 7) is 8.19. The molecule has 0 aliphatic heterocycles. The van der Waals surface area contributed by atoms with Gasteiger partial charge in [0.1, 0.15) is 0 Å². The van der Waals surface area contributed by atoms with E-state index in [0.29, 0.717) is 6.04 Å². The molecule has 0 aliphatic rings. The van der Waals surface area contributed by atoms with Gasteiger partial charge in [-0.1, -0.05) is 32.8 Å². The Morgan fingerprint density at radius 3 is 2.50 bits per heavy atom. The number of allylic oxidation sites excluding steroid dienone is 1. The summed E-state index contributed by atoms with van der Waals surface area (Å²) in [5.74, 6) is 6.22. The second kappa shape index (κ2) is 9.22. The Bertz CT molecular complexity index is 132. The third-order valence-corrected chi connectivity index (χ3v) is 2.45. The van der Waals surface area contributed by atoms with Crippen molar-refractivity contribution in [2.45, 2.75) is 58.4 Å². The van der Waals surface area contributed by atoms with Crippen molar-refractivity contribution in [1.29, 1.82) is 0 Å². The van der Waals surface area contributed by atoms with Gasteiger partial charge in [0.05, 0.1) is 0 Å². The molecule has 1 atom stereocenters. The smallest absolute Gasteiger partial charge is 0.0213 e. The first kappa shape index (κ1) is 13.7. The number of rotatable bonds is 9. The van der Waals surface area contributed by atoms with Crippen molar-refractivity contribution in [3.63, 3.8) is 0 Å². The zero-order chi connectivity index (χ0) is 10.8. The molecule has 2 heteroatoms. The van der Waals surface area contributed by atoms with Crippen LogP contribution < -0.4 is 11.3 Å². The maximum atomic E-state index is 5.50. The largest absolute Gasteiger partial charge is 0.271 e. The van der Waals surface area contributed by atoms with Crippen molar-refractivity contribution in [3.8, 4) is 0 Å². The monoisotopic (exact) mass is 198 g/mol. The van der Waals surface area contributed by atoms with Crippen LogP contribution in [0.15, 0.2) is 12.7 Å². The van der Waals surface area contributed by atoms with E-state index in [1.54, 1.807) is 0 Å². The van der Waals surface area contributed by atoms with Crippen molar-refractivity contribution < 1.29 is 0 Å². The second-order valence-electron chi connectivity index (χ2n) is 4.42. The number of nitrogens with two attached hydrogens (primary N) is 1. The zero-order valence-electron chi connectivity index (χ0n) is 9.76. The van der Waals surface area contributed by atoms with Crippen LogP contribution in [-0.2, 0) is 0 Å². The summed E-state index contributed by atoms with van der Waals surface area (Å²) in [5.41, 5.74) is 2.90. The first-order valence-corrected chi connectivity index (χ1v) is 5.77. The molecule has 0 amide bonds. The van der Waals surface area contributed by atoms with Crippen LogP contribution in [0.3, 0.4) is 0 Å². The highest BCUT2D eigenvalue weighted by molar-refractivity contribution is 4.68. The zero-order valence-corrected chi connectivity index (χ0v) is 9.76. The minimum atomic E-state index is 0.499. The van der Waals surface area contributed by atoms with Crippen molar-refractivity contribution in [2.75, 3.05) is 0 Å². The van der Waals surface area contributed by atoms with Crippen LogP contribution >= 0.6 is 0 Å². The third kappa shape index (κ3) is 8.27. The lowest BCUT2D eigenvalue weighted by Gasteiger charge is -2.17. The number of unbranched alkanes of at least 4 members (excludes halogenated alkanes) is 3. The van der Waals surface area contributed by atoms with Crippen LogP contribution in [0.2, 0.25) is 0 Å². The van der Waals surface area contributed by atoms with Crippen LogP contribution in [0.5, 0.6) is 0 Å². The van der Waals surface area contributed by atoms with Gasteiger partial charge in [-0.3, -0.25) is 11.3 Å². The summed E-state index contributed by atoms with van der Waals surface area (Å²) in [5, 5.41) is 0. The molecule has 0 aromatic heterocycles. The summed E-state index contributed by atoms with van der Waals surface area (Å²) in [7, 11) is 0. The SMILES string of the molecule is C=CCCCCCC(CC(C)C)NN. The molecule has 0 saturated heterocycles. The van der Waals surface area contributed by atoms with E-state index in [-0.39, 0.29) is 0 Å². The maximum Gasteiger partial charge on any atom is 0.0213 e. The molecule has 0 saturated carbocycles. The van der Waals surface area contributed by atoms with E-state index in [2.05, 4.69) is 25.9 Å². The van der Waals surface area contributed by atoms with Gasteiger partial charge in [-0.2, -0.15) is 0 Å². The molecule has 2 nitrogen and oxygen atoms in total. The number of hydrogen-bond acceptors (Lipinski definition) is 2. The maximum absolute atomic E-state index is 5.50. The molecule has 0 aliphatic carbocycles. The van der Waals surface area contributed by atoms with E-state index in [4.69, 9.17) is 5.84 Å². The van der Waals surface area contributed by atoms with Gasteiger partial charge in [0.25, 0.3) is 0 Å². The molecule has 84 valence electrons. The third-order valence-electron chi connectivity index (χ3n) is 2.45. The van der Waals surface area contributed by atoms with Gasteiger partial charge in [-0.15, -0.1) is 6.58 Å². The van der Waals surface area contributed by atoms with Gasteiger partial charge in [-0.05, 0) is 31.6 Å². The van der Waals surface area contributed by atoms with E-state index in [1.165, 1.54) is 32.1 Å². The van der Waals surface area contributed by atoms with E-state index in [0.717, 1.165) is 12.3 Å². The Labute approximate surface area is 88.9 Å². The molecule has 0 aromatic rings. The fraction of sp³-hybridized carbons (Fsp3) is 0.833. The molecule has 1 unspecified atom stereocenters. The van der Waals surface area contributed by atoms with Gasteiger partial charge >= 0.3 is 0 Å². The van der Waals surface area contributed by atoms with Crippen molar-refractivity contribution in [3.05, 3.63) is 12.7 Å². The fourth-order valence-electron chi connectivity index (χ4n) is 1.69. The lowest BCUT2D eigenvalue weighted by Crippen LogP contribution is -2.36. The standard InChI is InChI=1S/C12H26N2/c1-4-5-6-7-8-9-12(14-13)10-11(2)3/h4,11-12,14H,1,5-10,13H2,2-3H3. The Kier molecular flexibility index (Phi) is 9.00. The van der Waals surface area contributed by atoms with Crippen LogP contribution in [-0.4, -0.2) is 6.04 Å². The summed E-state index contributed by atoms with van der Waals surface area (Å²) >= 11 is 0. The minimum absolute atomic E-state index is 0.499. The lowest BCUT2D eigenvalue weighted by molar-refractivity contribution is 0.391. The van der Waals surface area contributed by atoms with E-state index in [1.807, 2.05) is 6.08 Å². The molecular weight excluding hydrogens is 172 g/mol. The van der Waals surface area contributed by atoms with Crippen molar-refractivity contribution >= 4 is 0 Å². The summed E-state index contributed by atoms with van der Waals surface area (Å²) in [6.07, 6.45) is 9.35. The average Bonchev–Trinajstić information content (AvgIpc) is 2.15. The Morgan fingerprint density at radius 1 is 1.29 bits per heavy atom. The lowest BCUT2D eigenvalue weighted by atomic mass is 9.99. The summed E-state index contributed by atoms with van der Waals surface area (Å²) in [6, 6.07) is 0.499. The number of hydrogen-bond donors (Lipinski definition) is 2. The highest BCUT2D eigenvalue weighted by atomic mass is 15.2. The van der Waals surface area contributed by atoms with Gasteiger partial charge in [0.15, 0.2) is 0 Å². The average molecular weight is 198 g/mol. The fourth-order valence-corrected chi connectivity index (χ4v) is 1.69. The number of nitrogens with one attached hydrogen (secondary N) is 1. The highest BCUT2D eigenvalue weighted by Gasteiger charge is 2.07. The molecule has 0 fully saturated rings. The molecule has 0 spiro atoms. The van der Waals surface area contributed by atoms with Crippen molar-refractivity contribution in [2.24, 2.45) is 11.8 Å². The molecule has 0 rings (SSSR count). The normalized spacial score (nSPS) is 13.1. The first-order chi connectivity index (χ1) is 6.70. The van der Waals surface area contributed by atoms with Crippen LogP contribution in [0, 0.1) is 5.92 Å². The van der Waals surface area contributed by atoms with Crippen LogP contribution in [0.1, 0.15) is 52.4 Å². The van der Waals surface area contributed by atoms with Crippen LogP contribution in [0.4, 0.5) is 0 Å². The summed E-state index contributed by atoms with van der Waals surface area (Å²) < 4.78 is 0. The number of hydrazine groups is 1. The van der Waals surface area contributed by atoms with Crippen LogP contribution in [0.25, 0.3) is 0 Å². The van der Waals surface area contributed by atoms with E-state index in [9.17, 15) is 0 Å². The Morgan fingerprint density at radius 2 is 2.00 bits per heavy atom. The molecule has 0 radical (unpaired) electrons. The van der Waals surface area contributed by atoms with Gasteiger partial charge in [0, 0.05) is 6.04 Å². The van der Waals surface area contributed by atoms with Crippen molar-refractivity contribution in [1.82, 2.24) is 5.43 Å². The Hall–Kier alpha value is -0.340. The molecule has 0 bridgehead atoms. The molecule has 0 aromatic carbocycles. The highest BCUT2D eigenvalue weighted by Crippen LogP contribution is 2.11. The van der Waals surface area contributed by atoms with Gasteiger partial charge < -0.3 is 0 Å². The quantitative estimate of drug-likeness (QED) is 0.259. The van der Waals surface area contributed by atoms with E-state index < -0.39 is 0 Å². The van der Waals surface area contributed by atoms with E-state index >= 15 is 0 Å². The minimum Gasteiger partial charge on any atom is -0.271 e. The molecule has 3 N–H and O–H groups in total. The van der Waals surface area contributed by atoms with Gasteiger partial charge in [-0.25, -0.2) is 0 Å². The Balaban J connectivity index is 3.37. The molecular formula is C12H26N2. The predicted molar refractivity (Wildman–Crippen MR) is 63.8 cm³/mol. The van der Waals surface area contributed by atoms with Gasteiger partial charge in [0.2, 0.25) is 0 Å².